The van der Waals surface area contributed by atoms with Crippen molar-refractivity contribution in [3.8, 4) is 34.4 Å². The molecule has 0 saturated carbocycles. The molecule has 2 aromatic carbocycles. The molecule has 0 aliphatic heterocycles. The maximum atomic E-state index is 13.5. The number of aromatic nitrogens is 2. The molecule has 158 valence electrons. The van der Waals surface area contributed by atoms with Crippen LogP contribution < -0.4 is 14.2 Å². The van der Waals surface area contributed by atoms with Crippen molar-refractivity contribution < 1.29 is 27.8 Å². The third-order valence-corrected chi connectivity index (χ3v) is 4.79. The van der Waals surface area contributed by atoms with E-state index in [0.29, 0.717) is 39.6 Å². The summed E-state index contributed by atoms with van der Waals surface area (Å²) in [5.41, 5.74) is 1.85. The fraction of sp³-hybridized carbons (Fsp3) is 0.130. The lowest BCUT2D eigenvalue weighted by atomic mass is 10.0. The highest BCUT2D eigenvalue weighted by atomic mass is 19.1. The van der Waals surface area contributed by atoms with Crippen molar-refractivity contribution in [2.75, 3.05) is 21.3 Å². The molecule has 8 heteroatoms. The molecular formula is C23H19FN2O5. The van der Waals surface area contributed by atoms with Crippen LogP contribution >= 0.6 is 0 Å². The van der Waals surface area contributed by atoms with Gasteiger partial charge in [-0.1, -0.05) is 0 Å². The highest BCUT2D eigenvalue weighted by molar-refractivity contribution is 6.13. The zero-order valence-corrected chi connectivity index (χ0v) is 17.1. The Morgan fingerprint density at radius 3 is 2.23 bits per heavy atom. The van der Waals surface area contributed by atoms with Crippen LogP contribution in [0.3, 0.4) is 0 Å². The quantitative estimate of drug-likeness (QED) is 0.408. The van der Waals surface area contributed by atoms with Crippen LogP contribution in [0.2, 0.25) is 0 Å². The number of halogens is 1. The summed E-state index contributed by atoms with van der Waals surface area (Å²) in [7, 11) is 4.45. The van der Waals surface area contributed by atoms with Crippen LogP contribution in [0.25, 0.3) is 17.1 Å². The molecule has 0 fully saturated rings. The fourth-order valence-electron chi connectivity index (χ4n) is 3.29. The maximum Gasteiger partial charge on any atom is 0.228 e. The van der Waals surface area contributed by atoms with E-state index in [1.165, 1.54) is 45.9 Å². The van der Waals surface area contributed by atoms with Gasteiger partial charge >= 0.3 is 0 Å². The molecule has 4 aromatic rings. The number of carbonyl (C=O) groups is 1. The van der Waals surface area contributed by atoms with Crippen LogP contribution in [-0.2, 0) is 0 Å². The largest absolute Gasteiger partial charge is 0.493 e. The molecular weight excluding hydrogens is 403 g/mol. The first-order valence-corrected chi connectivity index (χ1v) is 9.28. The van der Waals surface area contributed by atoms with Crippen LogP contribution in [0.5, 0.6) is 17.2 Å². The number of rotatable bonds is 7. The van der Waals surface area contributed by atoms with E-state index in [1.54, 1.807) is 41.2 Å². The predicted octanol–water partition coefficient (Wildman–Crippen LogP) is 4.53. The molecule has 2 heterocycles. The van der Waals surface area contributed by atoms with Gasteiger partial charge in [-0.15, -0.1) is 0 Å². The third kappa shape index (κ3) is 3.75. The molecule has 7 nitrogen and oxygen atoms in total. The van der Waals surface area contributed by atoms with E-state index in [9.17, 15) is 9.18 Å². The molecule has 0 saturated heterocycles. The SMILES string of the molecule is COc1cc(C(=O)c2cn(-c3ccc(F)cc3)cc2-c2ncco2)cc(OC)c1OC. The highest BCUT2D eigenvalue weighted by Gasteiger charge is 2.24. The summed E-state index contributed by atoms with van der Waals surface area (Å²) in [5.74, 6) is 0.752. The van der Waals surface area contributed by atoms with Gasteiger partial charge in [0.05, 0.1) is 38.7 Å². The standard InChI is InChI=1S/C23H19FN2O5/c1-28-19-10-14(11-20(29-2)22(19)30-3)21(27)17-12-26(16-6-4-15(24)5-7-16)13-18(17)23-25-8-9-31-23/h4-13H,1-3H3. The van der Waals surface area contributed by atoms with E-state index in [-0.39, 0.29) is 17.5 Å². The summed E-state index contributed by atoms with van der Waals surface area (Å²) >= 11 is 0. The van der Waals surface area contributed by atoms with Crippen LogP contribution in [0.4, 0.5) is 4.39 Å². The molecule has 0 spiro atoms. The van der Waals surface area contributed by atoms with Gasteiger partial charge in [0.25, 0.3) is 0 Å². The van der Waals surface area contributed by atoms with Gasteiger partial charge < -0.3 is 23.2 Å². The Hall–Kier alpha value is -4.07. The van der Waals surface area contributed by atoms with E-state index in [0.717, 1.165) is 0 Å². The van der Waals surface area contributed by atoms with E-state index >= 15 is 0 Å². The summed E-state index contributed by atoms with van der Waals surface area (Å²) in [6, 6.07) is 9.09. The number of hydrogen-bond donors (Lipinski definition) is 0. The maximum absolute atomic E-state index is 13.5. The summed E-state index contributed by atoms with van der Waals surface area (Å²) in [4.78, 5) is 17.7. The Balaban J connectivity index is 1.85. The van der Waals surface area contributed by atoms with Gasteiger partial charge in [-0.25, -0.2) is 9.37 Å². The number of ketones is 1. The number of hydrogen-bond acceptors (Lipinski definition) is 6. The molecule has 4 rings (SSSR count). The lowest BCUT2D eigenvalue weighted by Crippen LogP contribution is -2.04. The van der Waals surface area contributed by atoms with Crippen molar-refractivity contribution >= 4 is 5.78 Å². The lowest BCUT2D eigenvalue weighted by molar-refractivity contribution is 0.103. The zero-order valence-electron chi connectivity index (χ0n) is 17.1. The van der Waals surface area contributed by atoms with Crippen molar-refractivity contribution in [2.24, 2.45) is 0 Å². The molecule has 0 bridgehead atoms. The van der Waals surface area contributed by atoms with Crippen LogP contribution in [0.1, 0.15) is 15.9 Å². The molecule has 0 aliphatic carbocycles. The first kappa shape index (κ1) is 20.2. The predicted molar refractivity (Wildman–Crippen MR) is 111 cm³/mol. The van der Waals surface area contributed by atoms with Crippen LogP contribution in [0.15, 0.2) is 65.7 Å². The lowest BCUT2D eigenvalue weighted by Gasteiger charge is -2.13. The van der Waals surface area contributed by atoms with E-state index in [2.05, 4.69) is 4.98 Å². The first-order valence-electron chi connectivity index (χ1n) is 9.28. The molecule has 0 N–H and O–H groups in total. The Kier molecular flexibility index (Phi) is 5.44. The smallest absolute Gasteiger partial charge is 0.228 e. The fourth-order valence-corrected chi connectivity index (χ4v) is 3.29. The van der Waals surface area contributed by atoms with Gasteiger partial charge in [0.1, 0.15) is 12.1 Å². The summed E-state index contributed by atoms with van der Waals surface area (Å²) in [5, 5.41) is 0. The van der Waals surface area contributed by atoms with E-state index in [1.807, 2.05) is 0 Å². The Morgan fingerprint density at radius 2 is 1.68 bits per heavy atom. The van der Waals surface area contributed by atoms with Crippen molar-refractivity contribution in [2.45, 2.75) is 0 Å². The average molecular weight is 422 g/mol. The normalized spacial score (nSPS) is 10.7. The van der Waals surface area contributed by atoms with E-state index < -0.39 is 0 Å². The van der Waals surface area contributed by atoms with E-state index in [4.69, 9.17) is 18.6 Å². The summed E-state index contributed by atoms with van der Waals surface area (Å²) < 4.78 is 36.6. The second-order valence-electron chi connectivity index (χ2n) is 6.55. The van der Waals surface area contributed by atoms with Gasteiger partial charge in [0, 0.05) is 23.6 Å². The molecule has 0 radical (unpaired) electrons. The van der Waals surface area contributed by atoms with Crippen molar-refractivity contribution in [1.29, 1.82) is 0 Å². The second kappa shape index (κ2) is 8.35. The van der Waals surface area contributed by atoms with Gasteiger partial charge in [0.2, 0.25) is 11.6 Å². The third-order valence-electron chi connectivity index (χ3n) is 4.79. The second-order valence-corrected chi connectivity index (χ2v) is 6.55. The Bertz CT molecular complexity index is 1190. The summed E-state index contributed by atoms with van der Waals surface area (Å²) in [6.07, 6.45) is 6.29. The minimum absolute atomic E-state index is 0.289. The molecule has 0 amide bonds. The van der Waals surface area contributed by atoms with Gasteiger partial charge in [-0.05, 0) is 36.4 Å². The molecule has 0 unspecified atom stereocenters. The topological polar surface area (TPSA) is 75.7 Å². The first-order chi connectivity index (χ1) is 15.0. The summed E-state index contributed by atoms with van der Waals surface area (Å²) in [6.45, 7) is 0. The molecule has 0 aliphatic rings. The van der Waals surface area contributed by atoms with Gasteiger partial charge in [0.15, 0.2) is 17.3 Å². The molecule has 0 atom stereocenters. The minimum Gasteiger partial charge on any atom is -0.493 e. The minimum atomic E-state index is -0.349. The van der Waals surface area contributed by atoms with Gasteiger partial charge in [-0.2, -0.15) is 0 Å². The molecule has 31 heavy (non-hydrogen) atoms. The van der Waals surface area contributed by atoms with Gasteiger partial charge in [-0.3, -0.25) is 4.79 Å². The zero-order chi connectivity index (χ0) is 22.0. The van der Waals surface area contributed by atoms with Crippen molar-refractivity contribution in [3.05, 3.63) is 78.2 Å². The Morgan fingerprint density at radius 1 is 1.00 bits per heavy atom. The number of methoxy groups -OCH3 is 3. The monoisotopic (exact) mass is 422 g/mol. The average Bonchev–Trinajstić information content (AvgIpc) is 3.48. The van der Waals surface area contributed by atoms with Crippen LogP contribution in [0, 0.1) is 5.82 Å². The number of ether oxygens (including phenoxy) is 3. The number of nitrogens with zero attached hydrogens (tertiary/aromatic N) is 2. The van der Waals surface area contributed by atoms with Crippen molar-refractivity contribution in [3.63, 3.8) is 0 Å². The van der Waals surface area contributed by atoms with Crippen LogP contribution in [-0.4, -0.2) is 36.7 Å². The van der Waals surface area contributed by atoms with Crippen molar-refractivity contribution in [1.82, 2.24) is 9.55 Å². The highest BCUT2D eigenvalue weighted by Crippen LogP contribution is 2.39. The Labute approximate surface area is 177 Å². The molecule has 2 aromatic heterocycles. The number of carbonyl (C=O) groups excluding carboxylic acids is 1. The number of benzene rings is 2. The number of oxazole rings is 1.